The highest BCUT2D eigenvalue weighted by molar-refractivity contribution is 7.99. The fraction of sp³-hybridized carbons (Fsp3) is 0.364. The summed E-state index contributed by atoms with van der Waals surface area (Å²) in [4.78, 5) is 11.8. The molecule has 0 aliphatic rings. The lowest BCUT2D eigenvalue weighted by atomic mass is 10.3. The Hall–Kier alpha value is -1.14. The molecule has 0 saturated carbocycles. The lowest BCUT2D eigenvalue weighted by Crippen LogP contribution is -2.18. The van der Waals surface area contributed by atoms with Gasteiger partial charge in [0.25, 0.3) is 5.76 Å². The number of alkyl halides is 2. The topological polar surface area (TPSA) is 41.1 Å². The Morgan fingerprint density at radius 1 is 1.47 bits per heavy atom. The van der Waals surface area contributed by atoms with Crippen LogP contribution < -0.4 is 10.6 Å². The summed E-state index contributed by atoms with van der Waals surface area (Å²) in [7, 11) is 1.76. The van der Waals surface area contributed by atoms with Crippen LogP contribution in [0, 0.1) is 0 Å². The first-order chi connectivity index (χ1) is 8.11. The molecule has 94 valence electrons. The molecule has 17 heavy (non-hydrogen) atoms. The molecule has 0 atom stereocenters. The van der Waals surface area contributed by atoms with E-state index in [0.29, 0.717) is 35.3 Å². The first kappa shape index (κ1) is 13.9. The van der Waals surface area contributed by atoms with E-state index >= 15 is 0 Å². The summed E-state index contributed by atoms with van der Waals surface area (Å²) in [6.07, 6.45) is 0.350. The molecule has 0 saturated heterocycles. The van der Waals surface area contributed by atoms with Gasteiger partial charge in [-0.05, 0) is 25.2 Å². The number of thioether (sulfide) groups is 1. The fourth-order valence-corrected chi connectivity index (χ4v) is 1.77. The standard InChI is InChI=1S/C11H14F2N2OS/c1-14-6-5-10(16)15-8-3-2-4-9(7-8)17-11(12)13/h2-4,7,11,14H,5-6H2,1H3,(H,15,16). The summed E-state index contributed by atoms with van der Waals surface area (Å²) in [5.41, 5.74) is 0.539. The van der Waals surface area contributed by atoms with Gasteiger partial charge in [0.1, 0.15) is 0 Å². The van der Waals surface area contributed by atoms with Crippen molar-refractivity contribution in [3.8, 4) is 0 Å². The van der Waals surface area contributed by atoms with Crippen LogP contribution in [0.2, 0.25) is 0 Å². The summed E-state index contributed by atoms with van der Waals surface area (Å²) in [5.74, 6) is -2.59. The van der Waals surface area contributed by atoms with Gasteiger partial charge in [-0.2, -0.15) is 8.78 Å². The van der Waals surface area contributed by atoms with E-state index in [0.717, 1.165) is 0 Å². The van der Waals surface area contributed by atoms with Crippen molar-refractivity contribution in [2.24, 2.45) is 0 Å². The highest BCUT2D eigenvalue weighted by atomic mass is 32.2. The number of halogens is 2. The van der Waals surface area contributed by atoms with Crippen molar-refractivity contribution in [2.75, 3.05) is 18.9 Å². The van der Waals surface area contributed by atoms with Crippen molar-refractivity contribution in [2.45, 2.75) is 17.1 Å². The van der Waals surface area contributed by atoms with Crippen molar-refractivity contribution in [1.29, 1.82) is 0 Å². The lowest BCUT2D eigenvalue weighted by Gasteiger charge is -2.06. The second kappa shape index (κ2) is 7.24. The molecule has 1 rings (SSSR count). The molecule has 3 nitrogen and oxygen atoms in total. The Balaban J connectivity index is 2.56. The van der Waals surface area contributed by atoms with Crippen LogP contribution in [-0.2, 0) is 4.79 Å². The monoisotopic (exact) mass is 260 g/mol. The Bertz CT molecular complexity index is 374. The number of carbonyl (C=O) groups is 1. The van der Waals surface area contributed by atoms with Crippen molar-refractivity contribution < 1.29 is 13.6 Å². The van der Waals surface area contributed by atoms with Crippen LogP contribution in [0.5, 0.6) is 0 Å². The zero-order valence-corrected chi connectivity index (χ0v) is 10.2. The third kappa shape index (κ3) is 5.65. The first-order valence-corrected chi connectivity index (χ1v) is 5.99. The minimum atomic E-state index is -2.45. The normalized spacial score (nSPS) is 10.6. The fourth-order valence-electron chi connectivity index (χ4n) is 1.21. The Kier molecular flexibility index (Phi) is 5.93. The molecule has 1 amide bonds. The van der Waals surface area contributed by atoms with Gasteiger partial charge in [0.05, 0.1) is 0 Å². The average Bonchev–Trinajstić information content (AvgIpc) is 2.26. The van der Waals surface area contributed by atoms with E-state index in [1.54, 1.807) is 25.2 Å². The number of amides is 1. The zero-order valence-electron chi connectivity index (χ0n) is 9.37. The van der Waals surface area contributed by atoms with Gasteiger partial charge in [-0.25, -0.2) is 0 Å². The van der Waals surface area contributed by atoms with Gasteiger partial charge in [-0.3, -0.25) is 4.79 Å². The number of hydrogen-bond donors (Lipinski definition) is 2. The third-order valence-corrected chi connectivity index (χ3v) is 2.65. The summed E-state index contributed by atoms with van der Waals surface area (Å²) >= 11 is 0.461. The molecule has 0 fully saturated rings. The number of rotatable bonds is 6. The van der Waals surface area contributed by atoms with Crippen LogP contribution in [0.4, 0.5) is 14.5 Å². The number of carbonyl (C=O) groups excluding carboxylic acids is 1. The van der Waals surface area contributed by atoms with Gasteiger partial charge in [0.2, 0.25) is 5.91 Å². The summed E-state index contributed by atoms with van der Waals surface area (Å²) in [6, 6.07) is 6.43. The number of nitrogens with one attached hydrogen (secondary N) is 2. The molecular weight excluding hydrogens is 246 g/mol. The van der Waals surface area contributed by atoms with Gasteiger partial charge in [-0.15, -0.1) is 0 Å². The van der Waals surface area contributed by atoms with Crippen LogP contribution in [-0.4, -0.2) is 25.3 Å². The Morgan fingerprint density at radius 3 is 2.88 bits per heavy atom. The van der Waals surface area contributed by atoms with E-state index < -0.39 is 5.76 Å². The maximum Gasteiger partial charge on any atom is 0.288 e. The van der Waals surface area contributed by atoms with Gasteiger partial charge in [0, 0.05) is 23.5 Å². The molecule has 2 N–H and O–H groups in total. The summed E-state index contributed by atoms with van der Waals surface area (Å²) < 4.78 is 24.3. The predicted octanol–water partition coefficient (Wildman–Crippen LogP) is 2.55. The van der Waals surface area contributed by atoms with E-state index in [1.807, 2.05) is 0 Å². The van der Waals surface area contributed by atoms with Gasteiger partial charge in [0.15, 0.2) is 0 Å². The van der Waals surface area contributed by atoms with E-state index in [9.17, 15) is 13.6 Å². The highest BCUT2D eigenvalue weighted by Gasteiger charge is 2.06. The van der Waals surface area contributed by atoms with Gasteiger partial charge >= 0.3 is 0 Å². The number of anilines is 1. The van der Waals surface area contributed by atoms with E-state index in [-0.39, 0.29) is 5.91 Å². The van der Waals surface area contributed by atoms with Crippen LogP contribution in [0.1, 0.15) is 6.42 Å². The molecule has 0 spiro atoms. The lowest BCUT2D eigenvalue weighted by molar-refractivity contribution is -0.116. The van der Waals surface area contributed by atoms with Crippen molar-refractivity contribution in [3.63, 3.8) is 0 Å². The summed E-state index contributed by atoms with van der Waals surface area (Å²) in [5, 5.41) is 5.51. The van der Waals surface area contributed by atoms with E-state index in [2.05, 4.69) is 10.6 Å². The van der Waals surface area contributed by atoms with E-state index in [1.165, 1.54) is 6.07 Å². The number of benzene rings is 1. The SMILES string of the molecule is CNCCC(=O)Nc1cccc(SC(F)F)c1. The molecule has 0 aliphatic carbocycles. The van der Waals surface area contributed by atoms with Gasteiger partial charge in [-0.1, -0.05) is 17.8 Å². The second-order valence-corrected chi connectivity index (χ2v) is 4.37. The molecule has 6 heteroatoms. The predicted molar refractivity (Wildman–Crippen MR) is 65.5 cm³/mol. The van der Waals surface area contributed by atoms with Crippen LogP contribution in [0.25, 0.3) is 0 Å². The molecule has 0 radical (unpaired) electrons. The molecule has 0 aromatic heterocycles. The molecule has 1 aromatic carbocycles. The quantitative estimate of drug-likeness (QED) is 0.772. The maximum atomic E-state index is 12.1. The molecule has 0 bridgehead atoms. The van der Waals surface area contributed by atoms with E-state index in [4.69, 9.17) is 0 Å². The van der Waals surface area contributed by atoms with Gasteiger partial charge < -0.3 is 10.6 Å². The van der Waals surface area contributed by atoms with Crippen LogP contribution in [0.15, 0.2) is 29.2 Å². The Morgan fingerprint density at radius 2 is 2.24 bits per heavy atom. The molecular formula is C11H14F2N2OS. The van der Waals surface area contributed by atoms with Crippen molar-refractivity contribution in [1.82, 2.24) is 5.32 Å². The summed E-state index contributed by atoms with van der Waals surface area (Å²) in [6.45, 7) is 0.581. The zero-order chi connectivity index (χ0) is 12.7. The molecule has 0 heterocycles. The maximum absolute atomic E-state index is 12.1. The van der Waals surface area contributed by atoms with Crippen LogP contribution >= 0.6 is 11.8 Å². The number of hydrogen-bond acceptors (Lipinski definition) is 3. The van der Waals surface area contributed by atoms with Crippen molar-refractivity contribution >= 4 is 23.4 Å². The first-order valence-electron chi connectivity index (χ1n) is 5.11. The average molecular weight is 260 g/mol. The third-order valence-electron chi connectivity index (χ3n) is 1.95. The molecule has 0 aliphatic heterocycles. The smallest absolute Gasteiger partial charge is 0.288 e. The molecule has 0 unspecified atom stereocenters. The minimum Gasteiger partial charge on any atom is -0.326 e. The largest absolute Gasteiger partial charge is 0.326 e. The highest BCUT2D eigenvalue weighted by Crippen LogP contribution is 2.27. The molecule has 1 aromatic rings. The van der Waals surface area contributed by atoms with Crippen molar-refractivity contribution in [3.05, 3.63) is 24.3 Å². The second-order valence-electron chi connectivity index (χ2n) is 3.31. The van der Waals surface area contributed by atoms with Crippen LogP contribution in [0.3, 0.4) is 0 Å². The Labute approximate surface area is 103 Å². The minimum absolute atomic E-state index is 0.140.